The predicted octanol–water partition coefficient (Wildman–Crippen LogP) is 1.56. The maximum absolute atomic E-state index is 11.7. The largest absolute Gasteiger partial charge is 0.430 e. The standard InChI is InChI=1S/C14H30N4O4/c1-6-9-16-12(19)21-11(4)18(8-3)14(5,15)22-13(20)17-10-7-2/h11H,6-10,15H2,1-5H3,(H,16,19)(H,17,20). The highest BCUT2D eigenvalue weighted by Gasteiger charge is 2.35. The Balaban J connectivity index is 4.62. The lowest BCUT2D eigenvalue weighted by molar-refractivity contribution is -0.156. The summed E-state index contributed by atoms with van der Waals surface area (Å²) in [6, 6.07) is 0. The first-order valence-corrected chi connectivity index (χ1v) is 7.75. The maximum atomic E-state index is 11.7. The van der Waals surface area contributed by atoms with Crippen LogP contribution >= 0.6 is 0 Å². The molecule has 0 saturated heterocycles. The van der Waals surface area contributed by atoms with Gasteiger partial charge in [0.15, 0.2) is 6.23 Å². The van der Waals surface area contributed by atoms with E-state index in [2.05, 4.69) is 10.6 Å². The summed E-state index contributed by atoms with van der Waals surface area (Å²) in [4.78, 5) is 24.8. The molecule has 2 atom stereocenters. The molecule has 0 aromatic rings. The van der Waals surface area contributed by atoms with Gasteiger partial charge in [-0.1, -0.05) is 20.8 Å². The molecule has 0 rings (SSSR count). The van der Waals surface area contributed by atoms with E-state index in [4.69, 9.17) is 15.2 Å². The van der Waals surface area contributed by atoms with Crippen molar-refractivity contribution in [1.82, 2.24) is 15.5 Å². The Hall–Kier alpha value is -1.54. The van der Waals surface area contributed by atoms with Crippen LogP contribution in [-0.4, -0.2) is 48.8 Å². The van der Waals surface area contributed by atoms with Crippen molar-refractivity contribution in [3.8, 4) is 0 Å². The van der Waals surface area contributed by atoms with Crippen molar-refractivity contribution in [1.29, 1.82) is 0 Å². The van der Waals surface area contributed by atoms with E-state index in [1.54, 1.807) is 18.7 Å². The summed E-state index contributed by atoms with van der Waals surface area (Å²) in [5.74, 6) is -1.39. The lowest BCUT2D eigenvalue weighted by Crippen LogP contribution is -2.61. The van der Waals surface area contributed by atoms with Crippen molar-refractivity contribution in [2.45, 2.75) is 59.5 Å². The normalized spacial score (nSPS) is 14.9. The smallest absolute Gasteiger partial charge is 0.409 e. The van der Waals surface area contributed by atoms with E-state index in [9.17, 15) is 9.59 Å². The molecule has 2 amide bonds. The number of alkyl carbamates (subject to hydrolysis) is 2. The fraction of sp³-hybridized carbons (Fsp3) is 0.857. The molecule has 0 aliphatic carbocycles. The summed E-state index contributed by atoms with van der Waals surface area (Å²) in [6.45, 7) is 10.4. The quantitative estimate of drug-likeness (QED) is 0.557. The van der Waals surface area contributed by atoms with Gasteiger partial charge in [-0.2, -0.15) is 0 Å². The molecule has 0 aliphatic rings. The topological polar surface area (TPSA) is 106 Å². The average Bonchev–Trinajstić information content (AvgIpc) is 2.42. The minimum atomic E-state index is -1.39. The Morgan fingerprint density at radius 3 is 2.09 bits per heavy atom. The highest BCUT2D eigenvalue weighted by atomic mass is 16.6. The molecule has 4 N–H and O–H groups in total. The van der Waals surface area contributed by atoms with E-state index in [0.29, 0.717) is 19.6 Å². The zero-order chi connectivity index (χ0) is 17.2. The Morgan fingerprint density at radius 1 is 1.14 bits per heavy atom. The number of carbonyl (C=O) groups excluding carboxylic acids is 2. The second kappa shape index (κ2) is 10.2. The van der Waals surface area contributed by atoms with E-state index in [-0.39, 0.29) is 0 Å². The van der Waals surface area contributed by atoms with E-state index < -0.39 is 24.3 Å². The predicted molar refractivity (Wildman–Crippen MR) is 84.0 cm³/mol. The highest BCUT2D eigenvalue weighted by Crippen LogP contribution is 2.15. The number of nitrogens with two attached hydrogens (primary N) is 1. The summed E-state index contributed by atoms with van der Waals surface area (Å²) in [5.41, 5.74) is 6.05. The third-order valence-electron chi connectivity index (χ3n) is 2.97. The molecule has 0 saturated carbocycles. The van der Waals surface area contributed by atoms with Crippen LogP contribution in [0.5, 0.6) is 0 Å². The van der Waals surface area contributed by atoms with Gasteiger partial charge in [-0.05, 0) is 19.8 Å². The number of hydrogen-bond acceptors (Lipinski definition) is 6. The van der Waals surface area contributed by atoms with Gasteiger partial charge in [0, 0.05) is 26.6 Å². The Labute approximate surface area is 132 Å². The van der Waals surface area contributed by atoms with Gasteiger partial charge in [0.2, 0.25) is 5.85 Å². The number of rotatable bonds is 9. The van der Waals surface area contributed by atoms with Crippen LogP contribution in [0.4, 0.5) is 9.59 Å². The molecule has 0 spiro atoms. The molecular weight excluding hydrogens is 288 g/mol. The minimum absolute atomic E-state index is 0.441. The third-order valence-corrected chi connectivity index (χ3v) is 2.97. The van der Waals surface area contributed by atoms with Gasteiger partial charge in [0.25, 0.3) is 0 Å². The molecule has 0 aromatic carbocycles. The van der Waals surface area contributed by atoms with Crippen LogP contribution in [-0.2, 0) is 9.47 Å². The molecule has 0 aliphatic heterocycles. The minimum Gasteiger partial charge on any atom is -0.430 e. The fourth-order valence-electron chi connectivity index (χ4n) is 1.93. The fourth-order valence-corrected chi connectivity index (χ4v) is 1.93. The van der Waals surface area contributed by atoms with Gasteiger partial charge in [-0.15, -0.1) is 0 Å². The molecule has 0 bridgehead atoms. The van der Waals surface area contributed by atoms with Crippen LogP contribution < -0.4 is 16.4 Å². The van der Waals surface area contributed by atoms with Gasteiger partial charge in [-0.3, -0.25) is 5.73 Å². The summed E-state index contributed by atoms with van der Waals surface area (Å²) < 4.78 is 10.5. The summed E-state index contributed by atoms with van der Waals surface area (Å²) in [6.07, 6.45) is -0.163. The van der Waals surface area contributed by atoms with Crippen molar-refractivity contribution in [2.75, 3.05) is 19.6 Å². The highest BCUT2D eigenvalue weighted by molar-refractivity contribution is 5.68. The number of amides is 2. The molecule has 0 fully saturated rings. The van der Waals surface area contributed by atoms with Gasteiger partial charge in [0.1, 0.15) is 0 Å². The summed E-state index contributed by atoms with van der Waals surface area (Å²) in [7, 11) is 0. The Kier molecular flexibility index (Phi) is 9.51. The van der Waals surface area contributed by atoms with Gasteiger partial charge < -0.3 is 20.1 Å². The molecule has 0 radical (unpaired) electrons. The second-order valence-corrected chi connectivity index (χ2v) is 5.09. The summed E-state index contributed by atoms with van der Waals surface area (Å²) >= 11 is 0. The third kappa shape index (κ3) is 7.46. The lowest BCUT2D eigenvalue weighted by atomic mass is 10.3. The van der Waals surface area contributed by atoms with Crippen LogP contribution in [0.15, 0.2) is 0 Å². The maximum Gasteiger partial charge on any atom is 0.409 e. The van der Waals surface area contributed by atoms with Crippen molar-refractivity contribution in [3.05, 3.63) is 0 Å². The van der Waals surface area contributed by atoms with E-state index in [0.717, 1.165) is 12.8 Å². The van der Waals surface area contributed by atoms with Gasteiger partial charge >= 0.3 is 12.2 Å². The number of carbonyl (C=O) groups is 2. The SMILES string of the molecule is CCCNC(=O)OC(C)N(CC)C(C)(N)OC(=O)NCCC. The molecule has 8 nitrogen and oxygen atoms in total. The molecule has 2 unspecified atom stereocenters. The average molecular weight is 318 g/mol. The zero-order valence-electron chi connectivity index (χ0n) is 14.3. The van der Waals surface area contributed by atoms with Crippen molar-refractivity contribution in [3.63, 3.8) is 0 Å². The number of nitrogens with zero attached hydrogens (tertiary/aromatic N) is 1. The van der Waals surface area contributed by atoms with Crippen molar-refractivity contribution in [2.24, 2.45) is 5.73 Å². The number of hydrogen-bond donors (Lipinski definition) is 3. The first-order chi connectivity index (χ1) is 10.3. The molecular formula is C14H30N4O4. The zero-order valence-corrected chi connectivity index (χ0v) is 14.3. The Bertz CT molecular complexity index is 350. The number of nitrogens with one attached hydrogen (secondary N) is 2. The van der Waals surface area contributed by atoms with Gasteiger partial charge in [-0.25, -0.2) is 14.5 Å². The monoisotopic (exact) mass is 318 g/mol. The van der Waals surface area contributed by atoms with Crippen LogP contribution in [0.3, 0.4) is 0 Å². The van der Waals surface area contributed by atoms with Crippen LogP contribution in [0.2, 0.25) is 0 Å². The van der Waals surface area contributed by atoms with E-state index in [1.165, 1.54) is 0 Å². The molecule has 0 aromatic heterocycles. The van der Waals surface area contributed by atoms with Crippen molar-refractivity contribution >= 4 is 12.2 Å². The number of ether oxygens (including phenoxy) is 2. The van der Waals surface area contributed by atoms with E-state index in [1.807, 2.05) is 20.8 Å². The van der Waals surface area contributed by atoms with Crippen molar-refractivity contribution < 1.29 is 19.1 Å². The Morgan fingerprint density at radius 2 is 1.64 bits per heavy atom. The van der Waals surface area contributed by atoms with Crippen LogP contribution in [0.1, 0.15) is 47.5 Å². The first kappa shape index (κ1) is 20.5. The van der Waals surface area contributed by atoms with Gasteiger partial charge in [0.05, 0.1) is 0 Å². The van der Waals surface area contributed by atoms with E-state index >= 15 is 0 Å². The molecule has 130 valence electrons. The van der Waals surface area contributed by atoms with Crippen LogP contribution in [0, 0.1) is 0 Å². The first-order valence-electron chi connectivity index (χ1n) is 7.75. The summed E-state index contributed by atoms with van der Waals surface area (Å²) in [5, 5.41) is 5.20. The lowest BCUT2D eigenvalue weighted by Gasteiger charge is -2.39. The molecule has 8 heteroatoms. The molecule has 0 heterocycles. The second-order valence-electron chi connectivity index (χ2n) is 5.09. The molecule has 22 heavy (non-hydrogen) atoms. The van der Waals surface area contributed by atoms with Crippen LogP contribution in [0.25, 0.3) is 0 Å².